The van der Waals surface area contributed by atoms with Gasteiger partial charge in [-0.3, -0.25) is 4.79 Å². The first kappa shape index (κ1) is 18.9. The quantitative estimate of drug-likeness (QED) is 0.775. The molecule has 2 bridgehead atoms. The van der Waals surface area contributed by atoms with Crippen molar-refractivity contribution in [2.24, 2.45) is 5.92 Å². The Bertz CT molecular complexity index is 799. The smallest absolute Gasteiger partial charge is 0.226 e. The number of amides is 1. The number of rotatable bonds is 5. The summed E-state index contributed by atoms with van der Waals surface area (Å²) in [5.74, 6) is 0.901. The van der Waals surface area contributed by atoms with Crippen LogP contribution in [0.3, 0.4) is 0 Å². The molecule has 1 amide bonds. The molecule has 4 aliphatic rings. The second-order valence-corrected chi connectivity index (χ2v) is 10.3. The van der Waals surface area contributed by atoms with Crippen LogP contribution in [0.1, 0.15) is 68.5 Å². The van der Waals surface area contributed by atoms with Gasteiger partial charge in [0.05, 0.1) is 11.8 Å². The minimum Gasteiger partial charge on any atom is -0.335 e. The summed E-state index contributed by atoms with van der Waals surface area (Å²) in [7, 11) is -3.16. The van der Waals surface area contributed by atoms with Crippen molar-refractivity contribution in [1.29, 1.82) is 0 Å². The van der Waals surface area contributed by atoms with Gasteiger partial charge in [-0.2, -0.15) is 0 Å². The zero-order chi connectivity index (χ0) is 19.0. The number of piperidine rings is 2. The average Bonchev–Trinajstić information content (AvgIpc) is 2.72. The maximum absolute atomic E-state index is 13.2. The summed E-state index contributed by atoms with van der Waals surface area (Å²) < 4.78 is 26.4. The zero-order valence-corrected chi connectivity index (χ0v) is 17.0. The lowest BCUT2D eigenvalue weighted by molar-refractivity contribution is -0.142. The van der Waals surface area contributed by atoms with E-state index in [1.807, 2.05) is 6.92 Å². The van der Waals surface area contributed by atoms with Crippen LogP contribution < -0.4 is 0 Å². The van der Waals surface area contributed by atoms with Gasteiger partial charge in [-0.25, -0.2) is 12.7 Å². The van der Waals surface area contributed by atoms with Crippen LogP contribution >= 0.6 is 0 Å². The molecule has 1 aliphatic carbocycles. The molecule has 2 fully saturated rings. The Kier molecular flexibility index (Phi) is 5.30. The lowest BCUT2D eigenvalue weighted by Gasteiger charge is -2.48. The number of carbonyl (C=O) groups excluding carboxylic acids is 1. The van der Waals surface area contributed by atoms with Gasteiger partial charge in [-0.15, -0.1) is 0 Å². The van der Waals surface area contributed by atoms with E-state index in [2.05, 4.69) is 29.2 Å². The van der Waals surface area contributed by atoms with Crippen LogP contribution in [-0.2, 0) is 14.8 Å². The number of hydrogen-bond acceptors (Lipinski definition) is 3. The predicted octanol–water partition coefficient (Wildman–Crippen LogP) is 3.29. The molecule has 2 atom stereocenters. The van der Waals surface area contributed by atoms with E-state index in [4.69, 9.17) is 0 Å². The molecule has 3 heterocycles. The molecule has 5 rings (SSSR count). The highest BCUT2D eigenvalue weighted by atomic mass is 32.2. The largest absolute Gasteiger partial charge is 0.335 e. The molecule has 0 spiro atoms. The van der Waals surface area contributed by atoms with E-state index in [-0.39, 0.29) is 23.6 Å². The molecule has 5 nitrogen and oxygen atoms in total. The molecule has 6 heteroatoms. The van der Waals surface area contributed by atoms with Crippen molar-refractivity contribution in [2.45, 2.75) is 57.4 Å². The number of nitrogens with zero attached hydrogens (tertiary/aromatic N) is 2. The van der Waals surface area contributed by atoms with E-state index in [1.165, 1.54) is 17.5 Å². The standard InChI is InChI=1S/C21H30N2O3S/c1-2-3-14-27(25,26)22-12-10-16(11-13-22)21(24)23-15-17-8-9-20(23)19-7-5-4-6-18(17)19/h4-7,16-17,20H,2-3,8-15H2,1H3/t17-,20+/m1/s1. The third-order valence-corrected chi connectivity index (χ3v) is 8.57. The van der Waals surface area contributed by atoms with Crippen LogP contribution in [0.25, 0.3) is 0 Å². The highest BCUT2D eigenvalue weighted by molar-refractivity contribution is 7.89. The Morgan fingerprint density at radius 2 is 1.78 bits per heavy atom. The zero-order valence-electron chi connectivity index (χ0n) is 16.1. The number of sulfonamides is 1. The first-order chi connectivity index (χ1) is 13.0. The molecule has 1 aromatic carbocycles. The Labute approximate surface area is 162 Å². The lowest BCUT2D eigenvalue weighted by Crippen LogP contribution is -2.50. The minimum absolute atomic E-state index is 0.0332. The molecule has 27 heavy (non-hydrogen) atoms. The van der Waals surface area contributed by atoms with Crippen LogP contribution in [0.2, 0.25) is 0 Å². The first-order valence-electron chi connectivity index (χ1n) is 10.4. The van der Waals surface area contributed by atoms with Crippen molar-refractivity contribution in [1.82, 2.24) is 9.21 Å². The molecule has 0 N–H and O–H groups in total. The van der Waals surface area contributed by atoms with Crippen molar-refractivity contribution < 1.29 is 13.2 Å². The van der Waals surface area contributed by atoms with E-state index >= 15 is 0 Å². The summed E-state index contributed by atoms with van der Waals surface area (Å²) in [5.41, 5.74) is 2.75. The summed E-state index contributed by atoms with van der Waals surface area (Å²) in [4.78, 5) is 15.3. The SMILES string of the molecule is CCCCS(=O)(=O)N1CCC(C(=O)N2C[C@H]3CC[C@H]2c2ccccc23)CC1. The van der Waals surface area contributed by atoms with Gasteiger partial charge in [0.1, 0.15) is 0 Å². The number of hydrogen-bond donors (Lipinski definition) is 0. The number of benzene rings is 1. The fourth-order valence-corrected chi connectivity index (χ4v) is 6.73. The molecule has 2 saturated heterocycles. The Balaban J connectivity index is 1.41. The van der Waals surface area contributed by atoms with Crippen molar-refractivity contribution in [3.63, 3.8) is 0 Å². The third-order valence-electron chi connectivity index (χ3n) is 6.61. The highest BCUT2D eigenvalue weighted by Gasteiger charge is 2.42. The maximum atomic E-state index is 13.2. The van der Waals surface area contributed by atoms with Gasteiger partial charge in [-0.1, -0.05) is 37.6 Å². The van der Waals surface area contributed by atoms with Crippen LogP contribution in [0.4, 0.5) is 0 Å². The molecule has 0 radical (unpaired) electrons. The lowest BCUT2D eigenvalue weighted by atomic mass is 9.74. The Morgan fingerprint density at radius 1 is 1.07 bits per heavy atom. The minimum atomic E-state index is -3.16. The second-order valence-electron chi connectivity index (χ2n) is 8.25. The molecule has 3 aliphatic heterocycles. The van der Waals surface area contributed by atoms with Gasteiger partial charge >= 0.3 is 0 Å². The number of carbonyl (C=O) groups is 1. The van der Waals surface area contributed by atoms with Crippen molar-refractivity contribution in [3.8, 4) is 0 Å². The normalized spacial score (nSPS) is 26.2. The molecular formula is C21H30N2O3S. The van der Waals surface area contributed by atoms with Gasteiger partial charge < -0.3 is 4.90 Å². The van der Waals surface area contributed by atoms with Gasteiger partial charge in [-0.05, 0) is 43.2 Å². The average molecular weight is 391 g/mol. The van der Waals surface area contributed by atoms with Crippen LogP contribution in [0, 0.1) is 5.92 Å². The van der Waals surface area contributed by atoms with E-state index < -0.39 is 10.0 Å². The molecule has 148 valence electrons. The molecule has 0 aromatic heterocycles. The summed E-state index contributed by atoms with van der Waals surface area (Å²) in [6, 6.07) is 8.77. The maximum Gasteiger partial charge on any atom is 0.226 e. The van der Waals surface area contributed by atoms with Gasteiger partial charge in [0.2, 0.25) is 15.9 Å². The van der Waals surface area contributed by atoms with Crippen LogP contribution in [-0.4, -0.2) is 48.9 Å². The molecule has 0 unspecified atom stereocenters. The Hall–Kier alpha value is -1.40. The van der Waals surface area contributed by atoms with E-state index in [1.54, 1.807) is 4.31 Å². The summed E-state index contributed by atoms with van der Waals surface area (Å²) in [5, 5.41) is 0. The molecule has 1 aromatic rings. The predicted molar refractivity (Wildman–Crippen MR) is 106 cm³/mol. The fourth-order valence-electron chi connectivity index (χ4n) is 5.05. The van der Waals surface area contributed by atoms with Crippen LogP contribution in [0.5, 0.6) is 0 Å². The topological polar surface area (TPSA) is 57.7 Å². The molecular weight excluding hydrogens is 360 g/mol. The van der Waals surface area contributed by atoms with Crippen molar-refractivity contribution in [2.75, 3.05) is 25.4 Å². The van der Waals surface area contributed by atoms with E-state index in [9.17, 15) is 13.2 Å². The van der Waals surface area contributed by atoms with Gasteiger partial charge in [0, 0.05) is 31.5 Å². The summed E-state index contributed by atoms with van der Waals surface area (Å²) >= 11 is 0. The van der Waals surface area contributed by atoms with Gasteiger partial charge in [0.15, 0.2) is 0 Å². The van der Waals surface area contributed by atoms with E-state index in [0.717, 1.165) is 19.4 Å². The van der Waals surface area contributed by atoms with Crippen molar-refractivity contribution in [3.05, 3.63) is 35.4 Å². The first-order valence-corrected chi connectivity index (χ1v) is 12.0. The Morgan fingerprint density at radius 3 is 2.48 bits per heavy atom. The van der Waals surface area contributed by atoms with Crippen LogP contribution in [0.15, 0.2) is 24.3 Å². The summed E-state index contributed by atoms with van der Waals surface area (Å²) in [6.45, 7) is 3.81. The number of fused-ring (bicyclic) bond motifs is 2. The third kappa shape index (κ3) is 3.54. The molecule has 0 saturated carbocycles. The fraction of sp³-hybridized carbons (Fsp3) is 0.667. The highest BCUT2D eigenvalue weighted by Crippen LogP contribution is 2.47. The summed E-state index contributed by atoms with van der Waals surface area (Å²) in [6.07, 6.45) is 5.11. The number of unbranched alkanes of at least 4 members (excludes halogenated alkanes) is 1. The van der Waals surface area contributed by atoms with E-state index in [0.29, 0.717) is 38.3 Å². The monoisotopic (exact) mass is 390 g/mol. The van der Waals surface area contributed by atoms with Gasteiger partial charge in [0.25, 0.3) is 0 Å². The van der Waals surface area contributed by atoms with Crippen molar-refractivity contribution >= 4 is 15.9 Å². The second kappa shape index (κ2) is 7.55.